The van der Waals surface area contributed by atoms with Gasteiger partial charge in [-0.3, -0.25) is 0 Å². The first-order valence-corrected chi connectivity index (χ1v) is 6.02. The van der Waals surface area contributed by atoms with Gasteiger partial charge in [-0.25, -0.2) is 5.90 Å². The standard InChI is InChI=1S/C11H14Cl2N2O/c12-9-4-1-5-10(11(9)13)15-6-2-3-8(15)7-16-14/h1,4-5,8H,2-3,6-7,14H2. The van der Waals surface area contributed by atoms with Crippen LogP contribution < -0.4 is 10.8 Å². The average Bonchev–Trinajstić information content (AvgIpc) is 2.71. The lowest BCUT2D eigenvalue weighted by atomic mass is 10.2. The summed E-state index contributed by atoms with van der Waals surface area (Å²) in [5, 5.41) is 1.19. The van der Waals surface area contributed by atoms with Gasteiger partial charge in [0.25, 0.3) is 0 Å². The molecule has 1 heterocycles. The highest BCUT2D eigenvalue weighted by Crippen LogP contribution is 2.36. The fourth-order valence-electron chi connectivity index (χ4n) is 2.15. The minimum atomic E-state index is 0.293. The quantitative estimate of drug-likeness (QED) is 0.850. The van der Waals surface area contributed by atoms with Gasteiger partial charge in [-0.15, -0.1) is 0 Å². The Morgan fingerprint density at radius 2 is 2.25 bits per heavy atom. The van der Waals surface area contributed by atoms with E-state index in [4.69, 9.17) is 33.9 Å². The molecule has 0 aromatic heterocycles. The van der Waals surface area contributed by atoms with E-state index in [9.17, 15) is 0 Å². The Hall–Kier alpha value is -0.480. The van der Waals surface area contributed by atoms with Gasteiger partial charge in [-0.05, 0) is 25.0 Å². The number of halogens is 2. The third-order valence-corrected chi connectivity index (χ3v) is 3.72. The fourth-order valence-corrected chi connectivity index (χ4v) is 2.56. The molecule has 0 bridgehead atoms. The van der Waals surface area contributed by atoms with Crippen LogP contribution in [0.25, 0.3) is 0 Å². The van der Waals surface area contributed by atoms with E-state index in [1.165, 1.54) is 0 Å². The van der Waals surface area contributed by atoms with Gasteiger partial charge in [-0.2, -0.15) is 0 Å². The van der Waals surface area contributed by atoms with Gasteiger partial charge in [-0.1, -0.05) is 29.3 Å². The van der Waals surface area contributed by atoms with Crippen LogP contribution in [0.4, 0.5) is 5.69 Å². The van der Waals surface area contributed by atoms with Crippen LogP contribution in [0, 0.1) is 0 Å². The highest BCUT2D eigenvalue weighted by molar-refractivity contribution is 6.43. The smallest absolute Gasteiger partial charge is 0.0882 e. The molecule has 1 aromatic carbocycles. The second-order valence-corrected chi connectivity index (χ2v) is 4.68. The molecule has 0 radical (unpaired) electrons. The second kappa shape index (κ2) is 5.23. The van der Waals surface area contributed by atoms with Crippen molar-refractivity contribution in [3.05, 3.63) is 28.2 Å². The predicted molar refractivity (Wildman–Crippen MR) is 67.0 cm³/mol. The van der Waals surface area contributed by atoms with Crippen molar-refractivity contribution >= 4 is 28.9 Å². The fraction of sp³-hybridized carbons (Fsp3) is 0.455. The Bertz CT molecular complexity index is 373. The molecule has 1 aliphatic rings. The van der Waals surface area contributed by atoms with E-state index in [1.54, 1.807) is 6.07 Å². The number of rotatable bonds is 3. The van der Waals surface area contributed by atoms with Gasteiger partial charge in [0.1, 0.15) is 0 Å². The van der Waals surface area contributed by atoms with E-state index < -0.39 is 0 Å². The Balaban J connectivity index is 2.25. The zero-order valence-electron chi connectivity index (χ0n) is 8.83. The molecule has 0 saturated carbocycles. The molecule has 88 valence electrons. The molecule has 1 aromatic rings. The molecule has 2 rings (SSSR count). The largest absolute Gasteiger partial charge is 0.365 e. The molecule has 3 nitrogen and oxygen atoms in total. The van der Waals surface area contributed by atoms with Gasteiger partial charge >= 0.3 is 0 Å². The van der Waals surface area contributed by atoms with Crippen LogP contribution in [0.15, 0.2) is 18.2 Å². The molecular weight excluding hydrogens is 247 g/mol. The number of nitrogens with two attached hydrogens (primary N) is 1. The normalized spacial score (nSPS) is 20.4. The maximum absolute atomic E-state index is 6.19. The predicted octanol–water partition coefficient (Wildman–Crippen LogP) is 2.85. The zero-order valence-corrected chi connectivity index (χ0v) is 10.3. The molecule has 0 aliphatic carbocycles. The van der Waals surface area contributed by atoms with Crippen molar-refractivity contribution in [3.63, 3.8) is 0 Å². The summed E-state index contributed by atoms with van der Waals surface area (Å²) in [6.45, 7) is 1.48. The molecule has 1 fully saturated rings. The van der Waals surface area contributed by atoms with Gasteiger partial charge in [0.05, 0.1) is 28.4 Å². The molecule has 16 heavy (non-hydrogen) atoms. The van der Waals surface area contributed by atoms with Crippen LogP contribution in [0.1, 0.15) is 12.8 Å². The lowest BCUT2D eigenvalue weighted by Crippen LogP contribution is -2.34. The first-order valence-electron chi connectivity index (χ1n) is 5.26. The van der Waals surface area contributed by atoms with Gasteiger partial charge in [0.15, 0.2) is 0 Å². The summed E-state index contributed by atoms with van der Waals surface area (Å²) in [4.78, 5) is 6.94. The maximum Gasteiger partial charge on any atom is 0.0882 e. The summed E-state index contributed by atoms with van der Waals surface area (Å²) in [5.74, 6) is 5.13. The Kier molecular flexibility index (Phi) is 3.92. The van der Waals surface area contributed by atoms with Crippen molar-refractivity contribution < 1.29 is 4.84 Å². The van der Waals surface area contributed by atoms with Crippen molar-refractivity contribution in [2.75, 3.05) is 18.1 Å². The summed E-state index contributed by atoms with van der Waals surface area (Å²) in [6.07, 6.45) is 2.19. The number of benzene rings is 1. The van der Waals surface area contributed by atoms with Crippen LogP contribution >= 0.6 is 23.2 Å². The summed E-state index contributed by atoms with van der Waals surface area (Å²) in [5.41, 5.74) is 0.966. The topological polar surface area (TPSA) is 38.5 Å². The van der Waals surface area contributed by atoms with Gasteiger partial charge in [0.2, 0.25) is 0 Å². The summed E-state index contributed by atoms with van der Waals surface area (Å²) in [6, 6.07) is 5.96. The minimum Gasteiger partial charge on any atom is -0.365 e. The molecule has 1 aliphatic heterocycles. The number of nitrogens with zero attached hydrogens (tertiary/aromatic N) is 1. The van der Waals surface area contributed by atoms with Gasteiger partial charge < -0.3 is 9.74 Å². The lowest BCUT2D eigenvalue weighted by Gasteiger charge is -2.27. The minimum absolute atomic E-state index is 0.293. The van der Waals surface area contributed by atoms with Crippen LogP contribution in [-0.4, -0.2) is 19.2 Å². The second-order valence-electron chi connectivity index (χ2n) is 3.90. The molecule has 1 atom stereocenters. The first kappa shape index (κ1) is 12.0. The summed E-state index contributed by atoms with van der Waals surface area (Å²) >= 11 is 12.2. The van der Waals surface area contributed by atoms with Crippen LogP contribution in [-0.2, 0) is 4.84 Å². The SMILES string of the molecule is NOCC1CCCN1c1cccc(Cl)c1Cl. The first-order chi connectivity index (χ1) is 7.74. The van der Waals surface area contributed by atoms with E-state index in [-0.39, 0.29) is 0 Å². The van der Waals surface area contributed by atoms with Crippen LogP contribution in [0.3, 0.4) is 0 Å². The molecule has 1 saturated heterocycles. The third-order valence-electron chi connectivity index (χ3n) is 2.91. The number of anilines is 1. The van der Waals surface area contributed by atoms with E-state index in [2.05, 4.69) is 4.90 Å². The summed E-state index contributed by atoms with van der Waals surface area (Å²) in [7, 11) is 0. The van der Waals surface area contributed by atoms with Crippen molar-refractivity contribution in [3.8, 4) is 0 Å². The van der Waals surface area contributed by atoms with Crippen molar-refractivity contribution in [1.82, 2.24) is 0 Å². The Morgan fingerprint density at radius 1 is 1.44 bits per heavy atom. The number of hydrogen-bond acceptors (Lipinski definition) is 3. The van der Waals surface area contributed by atoms with Crippen molar-refractivity contribution in [1.29, 1.82) is 0 Å². The highest BCUT2D eigenvalue weighted by Gasteiger charge is 2.26. The zero-order chi connectivity index (χ0) is 11.5. The van der Waals surface area contributed by atoms with Crippen molar-refractivity contribution in [2.45, 2.75) is 18.9 Å². The molecule has 0 spiro atoms. The molecule has 5 heteroatoms. The average molecular weight is 261 g/mol. The van der Waals surface area contributed by atoms with Gasteiger partial charge in [0, 0.05) is 6.54 Å². The van der Waals surface area contributed by atoms with E-state index in [0.29, 0.717) is 22.7 Å². The Morgan fingerprint density at radius 3 is 3.00 bits per heavy atom. The third kappa shape index (κ3) is 2.28. The molecule has 1 unspecified atom stereocenters. The molecular formula is C11H14Cl2N2O. The number of hydrogen-bond donors (Lipinski definition) is 1. The highest BCUT2D eigenvalue weighted by atomic mass is 35.5. The van der Waals surface area contributed by atoms with Crippen LogP contribution in [0.2, 0.25) is 10.0 Å². The molecule has 0 amide bonds. The van der Waals surface area contributed by atoms with E-state index >= 15 is 0 Å². The van der Waals surface area contributed by atoms with E-state index in [1.807, 2.05) is 12.1 Å². The lowest BCUT2D eigenvalue weighted by molar-refractivity contribution is 0.124. The van der Waals surface area contributed by atoms with E-state index in [0.717, 1.165) is 25.1 Å². The molecule has 2 N–H and O–H groups in total. The monoisotopic (exact) mass is 260 g/mol. The summed E-state index contributed by atoms with van der Waals surface area (Å²) < 4.78 is 0. The van der Waals surface area contributed by atoms with Crippen LogP contribution in [0.5, 0.6) is 0 Å². The maximum atomic E-state index is 6.19. The Labute approximate surface area is 105 Å². The van der Waals surface area contributed by atoms with Crippen molar-refractivity contribution in [2.24, 2.45) is 5.90 Å².